The molecule has 3 rings (SSSR count). The van der Waals surface area contributed by atoms with E-state index in [-0.39, 0.29) is 0 Å². The first kappa shape index (κ1) is 12.9. The first-order valence-electron chi connectivity index (χ1n) is 6.74. The molecule has 0 amide bonds. The summed E-state index contributed by atoms with van der Waals surface area (Å²) in [6.07, 6.45) is 0.958. The predicted octanol–water partition coefficient (Wildman–Crippen LogP) is 3.42. The fraction of sp³-hybridized carbons (Fsp3) is 0.294. The van der Waals surface area contributed by atoms with Crippen LogP contribution in [0.15, 0.2) is 42.5 Å². The Morgan fingerprint density at radius 1 is 1.00 bits per heavy atom. The van der Waals surface area contributed by atoms with Gasteiger partial charge in [0, 0.05) is 12.0 Å². The minimum atomic E-state index is 0.391. The summed E-state index contributed by atoms with van der Waals surface area (Å²) in [4.78, 5) is 0. The van der Waals surface area contributed by atoms with Crippen LogP contribution in [-0.4, -0.2) is 20.8 Å². The second-order valence-electron chi connectivity index (χ2n) is 4.94. The Kier molecular flexibility index (Phi) is 3.50. The minimum Gasteiger partial charge on any atom is -0.493 e. The van der Waals surface area contributed by atoms with Crippen molar-refractivity contribution in [1.29, 1.82) is 0 Å². The second kappa shape index (κ2) is 5.45. The van der Waals surface area contributed by atoms with Crippen molar-refractivity contribution in [3.05, 3.63) is 53.6 Å². The van der Waals surface area contributed by atoms with Crippen molar-refractivity contribution in [1.82, 2.24) is 0 Å². The van der Waals surface area contributed by atoms with E-state index in [1.54, 1.807) is 14.2 Å². The van der Waals surface area contributed by atoms with Crippen molar-refractivity contribution in [2.75, 3.05) is 20.8 Å². The van der Waals surface area contributed by atoms with Crippen LogP contribution in [0.2, 0.25) is 0 Å². The Balaban J connectivity index is 1.91. The Labute approximate surface area is 119 Å². The minimum absolute atomic E-state index is 0.391. The van der Waals surface area contributed by atoms with Gasteiger partial charge >= 0.3 is 0 Å². The van der Waals surface area contributed by atoms with Gasteiger partial charge in [-0.15, -0.1) is 0 Å². The van der Waals surface area contributed by atoms with Crippen LogP contribution in [0.3, 0.4) is 0 Å². The molecule has 3 nitrogen and oxygen atoms in total. The van der Waals surface area contributed by atoms with E-state index in [4.69, 9.17) is 14.2 Å². The molecule has 0 radical (unpaired) electrons. The Bertz CT molecular complexity index is 593. The van der Waals surface area contributed by atoms with Gasteiger partial charge in [-0.2, -0.15) is 0 Å². The molecule has 104 valence electrons. The van der Waals surface area contributed by atoms with Gasteiger partial charge in [-0.1, -0.05) is 30.3 Å². The second-order valence-corrected chi connectivity index (χ2v) is 4.94. The SMILES string of the molecule is COc1cc2c(cc1OC)OCC(c1ccccc1)C2. The maximum atomic E-state index is 5.90. The van der Waals surface area contributed by atoms with Gasteiger partial charge in [0.25, 0.3) is 0 Å². The van der Waals surface area contributed by atoms with Crippen molar-refractivity contribution in [3.8, 4) is 17.2 Å². The fourth-order valence-electron chi connectivity index (χ4n) is 2.65. The lowest BCUT2D eigenvalue weighted by Gasteiger charge is -2.26. The molecular formula is C17H18O3. The highest BCUT2D eigenvalue weighted by Gasteiger charge is 2.23. The summed E-state index contributed by atoms with van der Waals surface area (Å²) in [6.45, 7) is 0.701. The number of ether oxygens (including phenoxy) is 3. The average Bonchev–Trinajstić information content (AvgIpc) is 2.53. The molecular weight excluding hydrogens is 252 g/mol. The van der Waals surface area contributed by atoms with Gasteiger partial charge in [0.1, 0.15) is 5.75 Å². The maximum absolute atomic E-state index is 5.90. The molecule has 1 aliphatic heterocycles. The van der Waals surface area contributed by atoms with Crippen LogP contribution in [0.4, 0.5) is 0 Å². The van der Waals surface area contributed by atoms with Crippen molar-refractivity contribution in [2.45, 2.75) is 12.3 Å². The highest BCUT2D eigenvalue weighted by molar-refractivity contribution is 5.52. The zero-order chi connectivity index (χ0) is 13.9. The van der Waals surface area contributed by atoms with Crippen molar-refractivity contribution < 1.29 is 14.2 Å². The van der Waals surface area contributed by atoms with Gasteiger partial charge in [0.05, 0.1) is 20.8 Å². The van der Waals surface area contributed by atoms with E-state index in [1.807, 2.05) is 18.2 Å². The number of fused-ring (bicyclic) bond motifs is 1. The highest BCUT2D eigenvalue weighted by atomic mass is 16.5. The molecule has 1 unspecified atom stereocenters. The summed E-state index contributed by atoms with van der Waals surface area (Å²) in [6, 6.07) is 14.4. The molecule has 2 aromatic rings. The van der Waals surface area contributed by atoms with E-state index in [0.717, 1.165) is 17.9 Å². The van der Waals surface area contributed by atoms with Crippen molar-refractivity contribution >= 4 is 0 Å². The molecule has 2 aromatic carbocycles. The first-order valence-corrected chi connectivity index (χ1v) is 6.74. The normalized spacial score (nSPS) is 17.0. The number of hydrogen-bond acceptors (Lipinski definition) is 3. The summed E-state index contributed by atoms with van der Waals surface area (Å²) in [5, 5.41) is 0. The third-order valence-electron chi connectivity index (χ3n) is 3.74. The summed E-state index contributed by atoms with van der Waals surface area (Å²) in [5.41, 5.74) is 2.48. The molecule has 0 saturated heterocycles. The first-order chi connectivity index (χ1) is 9.81. The van der Waals surface area contributed by atoms with Gasteiger partial charge in [-0.05, 0) is 23.6 Å². The third-order valence-corrected chi connectivity index (χ3v) is 3.74. The van der Waals surface area contributed by atoms with Crippen LogP contribution in [0.5, 0.6) is 17.2 Å². The topological polar surface area (TPSA) is 27.7 Å². The molecule has 0 bridgehead atoms. The summed E-state index contributed by atoms with van der Waals surface area (Å²) < 4.78 is 16.6. The van der Waals surface area contributed by atoms with Crippen LogP contribution in [0.1, 0.15) is 17.0 Å². The molecule has 0 fully saturated rings. The lowest BCUT2D eigenvalue weighted by molar-refractivity contribution is 0.259. The van der Waals surface area contributed by atoms with Gasteiger partial charge in [-0.25, -0.2) is 0 Å². The molecule has 0 aliphatic carbocycles. The van der Waals surface area contributed by atoms with Crippen LogP contribution in [0, 0.1) is 0 Å². The average molecular weight is 270 g/mol. The van der Waals surface area contributed by atoms with E-state index in [2.05, 4.69) is 24.3 Å². The molecule has 1 heterocycles. The van der Waals surface area contributed by atoms with Gasteiger partial charge < -0.3 is 14.2 Å². The molecule has 0 saturated carbocycles. The zero-order valence-electron chi connectivity index (χ0n) is 11.8. The smallest absolute Gasteiger partial charge is 0.164 e. The number of hydrogen-bond donors (Lipinski definition) is 0. The molecule has 3 heteroatoms. The van der Waals surface area contributed by atoms with E-state index in [9.17, 15) is 0 Å². The number of methoxy groups -OCH3 is 2. The molecule has 0 spiro atoms. The van der Waals surface area contributed by atoms with Crippen LogP contribution < -0.4 is 14.2 Å². The summed E-state index contributed by atoms with van der Waals surface area (Å²) in [7, 11) is 3.29. The maximum Gasteiger partial charge on any atom is 0.164 e. The Morgan fingerprint density at radius 2 is 1.70 bits per heavy atom. The molecule has 1 aliphatic rings. The van der Waals surface area contributed by atoms with Gasteiger partial charge in [-0.3, -0.25) is 0 Å². The van der Waals surface area contributed by atoms with E-state index in [1.165, 1.54) is 11.1 Å². The van der Waals surface area contributed by atoms with E-state index < -0.39 is 0 Å². The quantitative estimate of drug-likeness (QED) is 0.855. The lowest BCUT2D eigenvalue weighted by Crippen LogP contribution is -2.19. The lowest BCUT2D eigenvalue weighted by atomic mass is 9.90. The number of benzene rings is 2. The molecule has 0 N–H and O–H groups in total. The van der Waals surface area contributed by atoms with E-state index in [0.29, 0.717) is 18.3 Å². The van der Waals surface area contributed by atoms with Crippen LogP contribution >= 0.6 is 0 Å². The monoisotopic (exact) mass is 270 g/mol. The van der Waals surface area contributed by atoms with Crippen LogP contribution in [-0.2, 0) is 6.42 Å². The van der Waals surface area contributed by atoms with E-state index >= 15 is 0 Å². The zero-order valence-corrected chi connectivity index (χ0v) is 11.8. The Hall–Kier alpha value is -2.16. The molecule has 20 heavy (non-hydrogen) atoms. The summed E-state index contributed by atoms with van der Waals surface area (Å²) in [5.74, 6) is 2.75. The summed E-state index contributed by atoms with van der Waals surface area (Å²) >= 11 is 0. The van der Waals surface area contributed by atoms with Gasteiger partial charge in [0.2, 0.25) is 0 Å². The Morgan fingerprint density at radius 3 is 2.40 bits per heavy atom. The predicted molar refractivity (Wildman–Crippen MR) is 77.9 cm³/mol. The van der Waals surface area contributed by atoms with Crippen LogP contribution in [0.25, 0.3) is 0 Å². The number of rotatable bonds is 3. The van der Waals surface area contributed by atoms with Crippen molar-refractivity contribution in [3.63, 3.8) is 0 Å². The van der Waals surface area contributed by atoms with Crippen molar-refractivity contribution in [2.24, 2.45) is 0 Å². The molecule has 1 atom stereocenters. The largest absolute Gasteiger partial charge is 0.493 e. The molecule has 0 aromatic heterocycles. The highest BCUT2D eigenvalue weighted by Crippen LogP contribution is 2.39. The fourth-order valence-corrected chi connectivity index (χ4v) is 2.65. The standard InChI is InChI=1S/C17H18O3/c1-18-16-9-13-8-14(12-6-4-3-5-7-12)11-20-15(13)10-17(16)19-2/h3-7,9-10,14H,8,11H2,1-2H3. The van der Waals surface area contributed by atoms with Gasteiger partial charge in [0.15, 0.2) is 11.5 Å². The third kappa shape index (κ3) is 2.31.